The second kappa shape index (κ2) is 6.19. The number of benzene rings is 1. The fraction of sp³-hybridized carbons (Fsp3) is 0.368. The fourth-order valence-corrected chi connectivity index (χ4v) is 4.66. The maximum Gasteiger partial charge on any atom is 0.264 e. The SMILES string of the molecule is CN(C)C(=O)C1CCCN1C(=O)c1cc2c(s1)-c1ccccc1OC2. The molecule has 4 rings (SSSR count). The van der Waals surface area contributed by atoms with Crippen LogP contribution in [0.15, 0.2) is 30.3 Å². The van der Waals surface area contributed by atoms with Crippen LogP contribution in [0, 0.1) is 0 Å². The molecule has 1 aromatic carbocycles. The number of amides is 2. The van der Waals surface area contributed by atoms with E-state index in [0.29, 0.717) is 18.0 Å². The molecule has 0 bridgehead atoms. The van der Waals surface area contributed by atoms with Gasteiger partial charge in [-0.25, -0.2) is 0 Å². The quantitative estimate of drug-likeness (QED) is 0.831. The van der Waals surface area contributed by atoms with Gasteiger partial charge in [-0.3, -0.25) is 9.59 Å². The molecule has 2 aliphatic rings. The maximum absolute atomic E-state index is 13.0. The van der Waals surface area contributed by atoms with Gasteiger partial charge in [-0.05, 0) is 31.0 Å². The first-order valence-electron chi connectivity index (χ1n) is 8.43. The Balaban J connectivity index is 1.65. The molecule has 1 unspecified atom stereocenters. The van der Waals surface area contributed by atoms with E-state index in [1.165, 1.54) is 11.3 Å². The van der Waals surface area contributed by atoms with Crippen molar-refractivity contribution in [3.8, 4) is 16.2 Å². The van der Waals surface area contributed by atoms with E-state index < -0.39 is 0 Å². The number of carbonyl (C=O) groups is 2. The van der Waals surface area contributed by atoms with Crippen LogP contribution in [0.4, 0.5) is 0 Å². The van der Waals surface area contributed by atoms with Crippen molar-refractivity contribution in [1.29, 1.82) is 0 Å². The largest absolute Gasteiger partial charge is 0.488 e. The van der Waals surface area contributed by atoms with Crippen LogP contribution in [0.3, 0.4) is 0 Å². The van der Waals surface area contributed by atoms with Crippen LogP contribution in [0.1, 0.15) is 28.1 Å². The summed E-state index contributed by atoms with van der Waals surface area (Å²) < 4.78 is 5.78. The number of hydrogen-bond acceptors (Lipinski definition) is 4. The van der Waals surface area contributed by atoms with Crippen LogP contribution in [0.2, 0.25) is 0 Å². The van der Waals surface area contributed by atoms with Crippen molar-refractivity contribution in [2.45, 2.75) is 25.5 Å². The third-order valence-electron chi connectivity index (χ3n) is 4.77. The Labute approximate surface area is 150 Å². The topological polar surface area (TPSA) is 49.9 Å². The number of para-hydroxylation sites is 1. The number of rotatable bonds is 2. The molecular formula is C19H20N2O3S. The first-order chi connectivity index (χ1) is 12.1. The van der Waals surface area contributed by atoms with Crippen molar-refractivity contribution in [1.82, 2.24) is 9.80 Å². The minimum Gasteiger partial charge on any atom is -0.488 e. The summed E-state index contributed by atoms with van der Waals surface area (Å²) in [6.07, 6.45) is 1.60. The van der Waals surface area contributed by atoms with E-state index in [-0.39, 0.29) is 17.9 Å². The number of thiophene rings is 1. The van der Waals surface area contributed by atoms with Gasteiger partial charge in [0.1, 0.15) is 18.4 Å². The highest BCUT2D eigenvalue weighted by Gasteiger charge is 2.36. The standard InChI is InChI=1S/C19H20N2O3S/c1-20(2)18(22)14-7-5-9-21(14)19(23)16-10-12-11-24-15-8-4-3-6-13(15)17(12)25-16/h3-4,6,8,10,14H,5,7,9,11H2,1-2H3. The molecule has 0 spiro atoms. The maximum atomic E-state index is 13.0. The second-order valence-electron chi connectivity index (χ2n) is 6.64. The van der Waals surface area contributed by atoms with Gasteiger partial charge in [0.25, 0.3) is 5.91 Å². The van der Waals surface area contributed by atoms with Crippen LogP contribution >= 0.6 is 11.3 Å². The van der Waals surface area contributed by atoms with Crippen molar-refractivity contribution in [2.24, 2.45) is 0 Å². The first-order valence-corrected chi connectivity index (χ1v) is 9.25. The van der Waals surface area contributed by atoms with Gasteiger partial charge in [0.2, 0.25) is 5.91 Å². The van der Waals surface area contributed by atoms with E-state index in [1.807, 2.05) is 30.3 Å². The van der Waals surface area contributed by atoms with Crippen molar-refractivity contribution >= 4 is 23.2 Å². The Morgan fingerprint density at radius 1 is 1.28 bits per heavy atom. The van der Waals surface area contributed by atoms with Gasteiger partial charge in [0, 0.05) is 36.6 Å². The monoisotopic (exact) mass is 356 g/mol. The Bertz CT molecular complexity index is 843. The van der Waals surface area contributed by atoms with E-state index in [1.54, 1.807) is 23.9 Å². The van der Waals surface area contributed by atoms with E-state index in [0.717, 1.165) is 34.6 Å². The van der Waals surface area contributed by atoms with Gasteiger partial charge in [-0.1, -0.05) is 12.1 Å². The van der Waals surface area contributed by atoms with Gasteiger partial charge in [-0.15, -0.1) is 11.3 Å². The molecule has 1 fully saturated rings. The summed E-state index contributed by atoms with van der Waals surface area (Å²) in [5, 5.41) is 0. The number of carbonyl (C=O) groups excluding carboxylic acids is 2. The Morgan fingerprint density at radius 2 is 2.08 bits per heavy atom. The summed E-state index contributed by atoms with van der Waals surface area (Å²) in [4.78, 5) is 30.5. The molecule has 2 aromatic rings. The number of likely N-dealkylation sites (tertiary alicyclic amines) is 1. The van der Waals surface area contributed by atoms with Gasteiger partial charge < -0.3 is 14.5 Å². The Kier molecular flexibility index (Phi) is 4.00. The summed E-state index contributed by atoms with van der Waals surface area (Å²) in [5.74, 6) is 0.813. The molecule has 5 nitrogen and oxygen atoms in total. The lowest BCUT2D eigenvalue weighted by molar-refractivity contribution is -0.132. The normalized spacial score (nSPS) is 18.3. The lowest BCUT2D eigenvalue weighted by Gasteiger charge is -2.25. The number of likely N-dealkylation sites (N-methyl/N-ethyl adjacent to an activating group) is 1. The van der Waals surface area contributed by atoms with Crippen molar-refractivity contribution in [2.75, 3.05) is 20.6 Å². The lowest BCUT2D eigenvalue weighted by Crippen LogP contribution is -2.45. The Morgan fingerprint density at radius 3 is 2.88 bits per heavy atom. The molecule has 2 aliphatic heterocycles. The number of fused-ring (bicyclic) bond motifs is 3. The molecule has 1 saturated heterocycles. The third-order valence-corrected chi connectivity index (χ3v) is 5.97. The lowest BCUT2D eigenvalue weighted by atomic mass is 10.1. The molecule has 3 heterocycles. The average molecular weight is 356 g/mol. The molecule has 1 aromatic heterocycles. The van der Waals surface area contributed by atoms with Crippen LogP contribution < -0.4 is 4.74 Å². The predicted molar refractivity (Wildman–Crippen MR) is 96.8 cm³/mol. The zero-order chi connectivity index (χ0) is 17.6. The summed E-state index contributed by atoms with van der Waals surface area (Å²) in [5.41, 5.74) is 2.08. The fourth-order valence-electron chi connectivity index (χ4n) is 3.51. The summed E-state index contributed by atoms with van der Waals surface area (Å²) in [7, 11) is 3.48. The molecule has 0 radical (unpaired) electrons. The molecular weight excluding hydrogens is 336 g/mol. The van der Waals surface area contributed by atoms with Crippen LogP contribution in [0.25, 0.3) is 10.4 Å². The van der Waals surface area contributed by atoms with E-state index in [4.69, 9.17) is 4.74 Å². The van der Waals surface area contributed by atoms with Gasteiger partial charge in [-0.2, -0.15) is 0 Å². The zero-order valence-electron chi connectivity index (χ0n) is 14.3. The van der Waals surface area contributed by atoms with E-state index in [2.05, 4.69) is 0 Å². The minimum atomic E-state index is -0.342. The smallest absolute Gasteiger partial charge is 0.264 e. The molecule has 2 amide bonds. The summed E-state index contributed by atoms with van der Waals surface area (Å²) >= 11 is 1.50. The molecule has 6 heteroatoms. The van der Waals surface area contributed by atoms with Crippen molar-refractivity contribution in [3.63, 3.8) is 0 Å². The highest BCUT2D eigenvalue weighted by Crippen LogP contribution is 2.42. The predicted octanol–water partition coefficient (Wildman–Crippen LogP) is 3.00. The number of ether oxygens (including phenoxy) is 1. The molecule has 0 saturated carbocycles. The second-order valence-corrected chi connectivity index (χ2v) is 7.69. The minimum absolute atomic E-state index is 0.000786. The van der Waals surface area contributed by atoms with Gasteiger partial charge >= 0.3 is 0 Å². The van der Waals surface area contributed by atoms with Crippen molar-refractivity contribution < 1.29 is 14.3 Å². The zero-order valence-corrected chi connectivity index (χ0v) is 15.1. The van der Waals surface area contributed by atoms with Crippen molar-refractivity contribution in [3.05, 3.63) is 40.8 Å². The number of hydrogen-bond donors (Lipinski definition) is 0. The van der Waals surface area contributed by atoms with Gasteiger partial charge in [0.15, 0.2) is 0 Å². The van der Waals surface area contributed by atoms with Gasteiger partial charge in [0.05, 0.1) is 4.88 Å². The third kappa shape index (κ3) is 2.70. The number of nitrogens with zero attached hydrogens (tertiary/aromatic N) is 2. The average Bonchev–Trinajstić information content (AvgIpc) is 3.27. The van der Waals surface area contributed by atoms with E-state index >= 15 is 0 Å². The molecule has 0 aliphatic carbocycles. The molecule has 0 N–H and O–H groups in total. The summed E-state index contributed by atoms with van der Waals surface area (Å²) in [6.45, 7) is 1.12. The molecule has 130 valence electrons. The molecule has 1 atom stereocenters. The highest BCUT2D eigenvalue weighted by molar-refractivity contribution is 7.17. The van der Waals surface area contributed by atoms with Crippen LogP contribution in [-0.4, -0.2) is 48.3 Å². The highest BCUT2D eigenvalue weighted by atomic mass is 32.1. The first kappa shape index (κ1) is 16.1. The summed E-state index contributed by atoms with van der Waals surface area (Å²) in [6, 6.07) is 9.48. The van der Waals surface area contributed by atoms with Crippen LogP contribution in [0.5, 0.6) is 5.75 Å². The Hall–Kier alpha value is -2.34. The molecule has 25 heavy (non-hydrogen) atoms. The van der Waals surface area contributed by atoms with Crippen LogP contribution in [-0.2, 0) is 11.4 Å². The van der Waals surface area contributed by atoms with E-state index in [9.17, 15) is 9.59 Å².